The Balaban J connectivity index is 2.32. The molecule has 0 bridgehead atoms. The highest BCUT2D eigenvalue weighted by atomic mass is 16.2. The summed E-state index contributed by atoms with van der Waals surface area (Å²) >= 11 is 0. The van der Waals surface area contributed by atoms with Gasteiger partial charge < -0.3 is 5.32 Å². The maximum Gasteiger partial charge on any atom is 0.250 e. The summed E-state index contributed by atoms with van der Waals surface area (Å²) in [7, 11) is 0. The molecule has 1 aromatic heterocycles. The fourth-order valence-corrected chi connectivity index (χ4v) is 2.03. The summed E-state index contributed by atoms with van der Waals surface area (Å²) in [6.07, 6.45) is 3.33. The van der Waals surface area contributed by atoms with Crippen LogP contribution >= 0.6 is 0 Å². The van der Waals surface area contributed by atoms with E-state index in [1.165, 1.54) is 4.90 Å². The number of carbonyl (C=O) groups excluding carboxylic acids is 2. The van der Waals surface area contributed by atoms with Gasteiger partial charge in [0.2, 0.25) is 11.8 Å². The number of anilines is 1. The second-order valence-corrected chi connectivity index (χ2v) is 4.93. The molecule has 0 radical (unpaired) electrons. The van der Waals surface area contributed by atoms with E-state index >= 15 is 0 Å². The van der Waals surface area contributed by atoms with Gasteiger partial charge in [-0.05, 0) is 24.5 Å². The van der Waals surface area contributed by atoms with E-state index in [0.717, 1.165) is 5.56 Å². The normalized spacial score (nSPS) is 20.2. The maximum atomic E-state index is 12.3. The Kier molecular flexibility index (Phi) is 3.32. The van der Waals surface area contributed by atoms with Gasteiger partial charge in [-0.1, -0.05) is 13.8 Å². The minimum Gasteiger partial charge on any atom is -0.342 e. The Morgan fingerprint density at radius 1 is 1.39 bits per heavy atom. The summed E-state index contributed by atoms with van der Waals surface area (Å²) in [6, 6.07) is 1.41. The Hall–Kier alpha value is -1.91. The van der Waals surface area contributed by atoms with Crippen molar-refractivity contribution in [1.29, 1.82) is 0 Å². The lowest BCUT2D eigenvalue weighted by Gasteiger charge is -2.34. The average molecular weight is 247 g/mol. The van der Waals surface area contributed by atoms with E-state index < -0.39 is 6.04 Å². The van der Waals surface area contributed by atoms with Crippen LogP contribution in [0.2, 0.25) is 0 Å². The summed E-state index contributed by atoms with van der Waals surface area (Å²) in [5.74, 6) is -0.131. The zero-order valence-corrected chi connectivity index (χ0v) is 10.8. The highest BCUT2D eigenvalue weighted by Gasteiger charge is 2.35. The Morgan fingerprint density at radius 3 is 2.72 bits per heavy atom. The largest absolute Gasteiger partial charge is 0.342 e. The molecular formula is C13H17N3O2. The van der Waals surface area contributed by atoms with E-state index in [4.69, 9.17) is 0 Å². The second kappa shape index (κ2) is 4.76. The van der Waals surface area contributed by atoms with E-state index in [2.05, 4.69) is 10.3 Å². The topological polar surface area (TPSA) is 62.3 Å². The molecule has 5 nitrogen and oxygen atoms in total. The van der Waals surface area contributed by atoms with Gasteiger partial charge in [-0.2, -0.15) is 0 Å². The molecule has 5 heteroatoms. The van der Waals surface area contributed by atoms with Crippen molar-refractivity contribution in [2.75, 3.05) is 11.4 Å². The van der Waals surface area contributed by atoms with E-state index in [1.54, 1.807) is 12.4 Å². The molecule has 2 heterocycles. The molecule has 1 unspecified atom stereocenters. The van der Waals surface area contributed by atoms with Gasteiger partial charge in [0.15, 0.2) is 0 Å². The SMILES string of the molecule is Cc1cncc(N2CC(=O)NC(C(C)C)C2=O)c1. The Labute approximate surface area is 106 Å². The number of rotatable bonds is 2. The average Bonchev–Trinajstić information content (AvgIpc) is 2.31. The van der Waals surface area contributed by atoms with Crippen molar-refractivity contribution in [2.24, 2.45) is 5.92 Å². The van der Waals surface area contributed by atoms with Gasteiger partial charge in [0.1, 0.15) is 12.6 Å². The molecule has 0 aliphatic carbocycles. The van der Waals surface area contributed by atoms with Gasteiger partial charge in [0.25, 0.3) is 0 Å². The molecule has 2 rings (SSSR count). The summed E-state index contributed by atoms with van der Waals surface area (Å²) in [6.45, 7) is 5.81. The predicted octanol–water partition coefficient (Wildman–Crippen LogP) is 0.877. The van der Waals surface area contributed by atoms with Crippen molar-refractivity contribution in [3.8, 4) is 0 Å². The quantitative estimate of drug-likeness (QED) is 0.843. The molecular weight excluding hydrogens is 230 g/mol. The summed E-state index contributed by atoms with van der Waals surface area (Å²) in [5.41, 5.74) is 1.65. The maximum absolute atomic E-state index is 12.3. The first-order chi connectivity index (χ1) is 8.49. The van der Waals surface area contributed by atoms with Crippen LogP contribution in [-0.4, -0.2) is 29.4 Å². The standard InChI is InChI=1S/C13H17N3O2/c1-8(2)12-13(18)16(7-11(17)15-12)10-4-9(3)5-14-6-10/h4-6,8,12H,7H2,1-3H3,(H,15,17). The van der Waals surface area contributed by atoms with Crippen LogP contribution in [-0.2, 0) is 9.59 Å². The highest BCUT2D eigenvalue weighted by Crippen LogP contribution is 2.19. The molecule has 0 aromatic carbocycles. The first-order valence-electron chi connectivity index (χ1n) is 6.01. The van der Waals surface area contributed by atoms with Crippen LogP contribution in [0.5, 0.6) is 0 Å². The molecule has 1 fully saturated rings. The molecule has 0 saturated carbocycles. The first-order valence-corrected chi connectivity index (χ1v) is 6.01. The highest BCUT2D eigenvalue weighted by molar-refractivity contribution is 6.06. The Bertz CT molecular complexity index is 485. The lowest BCUT2D eigenvalue weighted by Crippen LogP contribution is -2.60. The molecule has 1 atom stereocenters. The zero-order chi connectivity index (χ0) is 13.3. The van der Waals surface area contributed by atoms with Crippen LogP contribution in [0.3, 0.4) is 0 Å². The van der Waals surface area contributed by atoms with E-state index in [9.17, 15) is 9.59 Å². The monoisotopic (exact) mass is 247 g/mol. The molecule has 2 amide bonds. The number of hydrogen-bond donors (Lipinski definition) is 1. The zero-order valence-electron chi connectivity index (χ0n) is 10.8. The van der Waals surface area contributed by atoms with Gasteiger partial charge in [-0.25, -0.2) is 0 Å². The fraction of sp³-hybridized carbons (Fsp3) is 0.462. The Morgan fingerprint density at radius 2 is 2.11 bits per heavy atom. The summed E-state index contributed by atoms with van der Waals surface area (Å²) < 4.78 is 0. The number of aryl methyl sites for hydroxylation is 1. The minimum absolute atomic E-state index is 0.0627. The number of aromatic nitrogens is 1. The molecule has 96 valence electrons. The third kappa shape index (κ3) is 2.34. The number of hydrogen-bond acceptors (Lipinski definition) is 3. The van der Waals surface area contributed by atoms with Crippen molar-refractivity contribution in [3.63, 3.8) is 0 Å². The predicted molar refractivity (Wildman–Crippen MR) is 68.1 cm³/mol. The smallest absolute Gasteiger partial charge is 0.250 e. The van der Waals surface area contributed by atoms with Crippen LogP contribution in [0.4, 0.5) is 5.69 Å². The van der Waals surface area contributed by atoms with E-state index in [1.807, 2.05) is 26.8 Å². The third-order valence-corrected chi connectivity index (χ3v) is 2.99. The van der Waals surface area contributed by atoms with Crippen LogP contribution in [0.1, 0.15) is 19.4 Å². The number of nitrogens with one attached hydrogen (secondary N) is 1. The van der Waals surface area contributed by atoms with Crippen molar-refractivity contribution < 1.29 is 9.59 Å². The van der Waals surface area contributed by atoms with Crippen LogP contribution in [0.15, 0.2) is 18.5 Å². The minimum atomic E-state index is -0.452. The van der Waals surface area contributed by atoms with Crippen molar-refractivity contribution in [1.82, 2.24) is 10.3 Å². The van der Waals surface area contributed by atoms with E-state index in [0.29, 0.717) is 5.69 Å². The molecule has 1 aliphatic rings. The van der Waals surface area contributed by atoms with Gasteiger partial charge in [-0.15, -0.1) is 0 Å². The molecule has 18 heavy (non-hydrogen) atoms. The number of piperazine rings is 1. The molecule has 1 aromatic rings. The fourth-order valence-electron chi connectivity index (χ4n) is 2.03. The number of nitrogens with zero attached hydrogens (tertiary/aromatic N) is 2. The van der Waals surface area contributed by atoms with Gasteiger partial charge >= 0.3 is 0 Å². The summed E-state index contributed by atoms with van der Waals surface area (Å²) in [5, 5.41) is 2.73. The molecule has 1 aliphatic heterocycles. The lowest BCUT2D eigenvalue weighted by molar-refractivity contribution is -0.132. The third-order valence-electron chi connectivity index (χ3n) is 2.99. The van der Waals surface area contributed by atoms with Crippen LogP contribution < -0.4 is 10.2 Å². The first kappa shape index (κ1) is 12.5. The van der Waals surface area contributed by atoms with Crippen molar-refractivity contribution in [3.05, 3.63) is 24.0 Å². The van der Waals surface area contributed by atoms with Gasteiger partial charge in [0, 0.05) is 6.20 Å². The molecule has 1 saturated heterocycles. The second-order valence-electron chi connectivity index (χ2n) is 4.93. The van der Waals surface area contributed by atoms with Crippen LogP contribution in [0, 0.1) is 12.8 Å². The number of carbonyl (C=O) groups is 2. The lowest BCUT2D eigenvalue weighted by atomic mass is 10.0. The van der Waals surface area contributed by atoms with Gasteiger partial charge in [-0.3, -0.25) is 19.5 Å². The number of amides is 2. The molecule has 1 N–H and O–H groups in total. The van der Waals surface area contributed by atoms with Crippen LogP contribution in [0.25, 0.3) is 0 Å². The van der Waals surface area contributed by atoms with Gasteiger partial charge in [0.05, 0.1) is 11.9 Å². The molecule has 0 spiro atoms. The van der Waals surface area contributed by atoms with Crippen molar-refractivity contribution >= 4 is 17.5 Å². The number of pyridine rings is 1. The van der Waals surface area contributed by atoms with E-state index in [-0.39, 0.29) is 24.3 Å². The summed E-state index contributed by atoms with van der Waals surface area (Å²) in [4.78, 5) is 29.5. The van der Waals surface area contributed by atoms with Crippen molar-refractivity contribution in [2.45, 2.75) is 26.8 Å².